The largest absolute Gasteiger partial charge is 0.352 e. The monoisotopic (exact) mass is 331 g/mol. The lowest BCUT2D eigenvalue weighted by molar-refractivity contribution is -0.116. The van der Waals surface area contributed by atoms with Crippen molar-refractivity contribution in [2.45, 2.75) is 0 Å². The molecule has 0 unspecified atom stereocenters. The van der Waals surface area contributed by atoms with E-state index < -0.39 is 18.0 Å². The van der Waals surface area contributed by atoms with Gasteiger partial charge in [0.05, 0.1) is 12.8 Å². The van der Waals surface area contributed by atoms with Crippen LogP contribution in [0.4, 0.5) is 15.3 Å². The summed E-state index contributed by atoms with van der Waals surface area (Å²) in [6.45, 7) is -0.379. The van der Waals surface area contributed by atoms with Gasteiger partial charge in [0.15, 0.2) is 0 Å². The Hall–Kier alpha value is -1.83. The van der Waals surface area contributed by atoms with Crippen molar-refractivity contribution in [1.82, 2.24) is 9.96 Å². The van der Waals surface area contributed by atoms with E-state index in [1.807, 2.05) is 0 Å². The molecule has 21 heavy (non-hydrogen) atoms. The molecule has 1 fully saturated rings. The number of amides is 5. The van der Waals surface area contributed by atoms with Crippen molar-refractivity contribution in [3.05, 3.63) is 28.2 Å². The molecule has 1 aromatic rings. The maximum Gasteiger partial charge on any atom is 0.352 e. The first-order chi connectivity index (χ1) is 9.85. The third-order valence-electron chi connectivity index (χ3n) is 2.84. The van der Waals surface area contributed by atoms with E-state index in [0.29, 0.717) is 0 Å². The fourth-order valence-corrected chi connectivity index (χ4v) is 2.34. The molecule has 1 aliphatic heterocycles. The van der Waals surface area contributed by atoms with Crippen LogP contribution in [0, 0.1) is 0 Å². The molecular weight excluding hydrogens is 321 g/mol. The van der Waals surface area contributed by atoms with Crippen LogP contribution in [0.25, 0.3) is 0 Å². The molecule has 0 atom stereocenters. The first-order valence-corrected chi connectivity index (χ1v) is 6.53. The molecule has 1 saturated heterocycles. The number of nitrogens with zero attached hydrogens (tertiary/aromatic N) is 3. The molecule has 5 amide bonds. The Morgan fingerprint density at radius 2 is 1.81 bits per heavy atom. The summed E-state index contributed by atoms with van der Waals surface area (Å²) in [5.74, 6) is -0.559. The SMILES string of the molecule is CON(C)C(=O)N1CC(=O)N(c2cc(Cl)cc(Cl)c2)C1=O. The lowest BCUT2D eigenvalue weighted by Gasteiger charge is -2.20. The van der Waals surface area contributed by atoms with E-state index in [1.165, 1.54) is 32.4 Å². The number of hydrogen-bond acceptors (Lipinski definition) is 4. The van der Waals surface area contributed by atoms with Crippen molar-refractivity contribution >= 4 is 46.9 Å². The molecule has 1 aromatic carbocycles. The molecule has 1 heterocycles. The number of halogens is 2. The Morgan fingerprint density at radius 1 is 1.24 bits per heavy atom. The summed E-state index contributed by atoms with van der Waals surface area (Å²) in [7, 11) is 2.60. The molecule has 0 spiro atoms. The molecule has 9 heteroatoms. The van der Waals surface area contributed by atoms with Crippen LogP contribution < -0.4 is 4.90 Å². The van der Waals surface area contributed by atoms with Crippen LogP contribution in [0.1, 0.15) is 0 Å². The van der Waals surface area contributed by atoms with E-state index in [2.05, 4.69) is 0 Å². The summed E-state index contributed by atoms with van der Waals surface area (Å²) in [5, 5.41) is 1.40. The molecule has 0 saturated carbocycles. The first-order valence-electron chi connectivity index (χ1n) is 5.77. The standard InChI is InChI=1S/C12H11Cl2N3O4/c1-15(21-2)11(19)16-6-10(18)17(12(16)20)9-4-7(13)3-8(14)5-9/h3-5H,6H2,1-2H3. The van der Waals surface area contributed by atoms with Gasteiger partial charge in [-0.3, -0.25) is 9.63 Å². The van der Waals surface area contributed by atoms with Crippen LogP contribution in [0.5, 0.6) is 0 Å². The minimum absolute atomic E-state index is 0.206. The van der Waals surface area contributed by atoms with Gasteiger partial charge in [-0.15, -0.1) is 0 Å². The lowest BCUT2D eigenvalue weighted by Crippen LogP contribution is -2.43. The number of anilines is 1. The fourth-order valence-electron chi connectivity index (χ4n) is 1.82. The van der Waals surface area contributed by atoms with Crippen molar-refractivity contribution in [2.75, 3.05) is 25.6 Å². The summed E-state index contributed by atoms with van der Waals surface area (Å²) in [6, 6.07) is 2.77. The van der Waals surface area contributed by atoms with Gasteiger partial charge in [-0.1, -0.05) is 23.2 Å². The molecule has 0 bridgehead atoms. The second kappa shape index (κ2) is 5.88. The summed E-state index contributed by atoms with van der Waals surface area (Å²) >= 11 is 11.7. The maximum absolute atomic E-state index is 12.2. The molecule has 112 valence electrons. The molecule has 0 aromatic heterocycles. The highest BCUT2D eigenvalue weighted by Gasteiger charge is 2.42. The fraction of sp³-hybridized carbons (Fsp3) is 0.250. The maximum atomic E-state index is 12.2. The average molecular weight is 332 g/mol. The zero-order chi connectivity index (χ0) is 15.7. The van der Waals surface area contributed by atoms with Gasteiger partial charge in [-0.05, 0) is 18.2 Å². The van der Waals surface area contributed by atoms with Crippen molar-refractivity contribution in [3.8, 4) is 0 Å². The van der Waals surface area contributed by atoms with Gasteiger partial charge in [0, 0.05) is 17.1 Å². The summed E-state index contributed by atoms with van der Waals surface area (Å²) in [6.07, 6.45) is 0. The van der Waals surface area contributed by atoms with Gasteiger partial charge in [0.2, 0.25) is 0 Å². The first kappa shape index (κ1) is 15.6. The van der Waals surface area contributed by atoms with Crippen molar-refractivity contribution in [2.24, 2.45) is 0 Å². The van der Waals surface area contributed by atoms with E-state index in [-0.39, 0.29) is 22.3 Å². The van der Waals surface area contributed by atoms with Gasteiger partial charge in [-0.2, -0.15) is 0 Å². The third kappa shape index (κ3) is 2.94. The molecule has 1 aliphatic rings. The number of benzene rings is 1. The highest BCUT2D eigenvalue weighted by Crippen LogP contribution is 2.28. The van der Waals surface area contributed by atoms with E-state index in [9.17, 15) is 14.4 Å². The predicted molar refractivity (Wildman–Crippen MR) is 76.2 cm³/mol. The zero-order valence-electron chi connectivity index (χ0n) is 11.2. The van der Waals surface area contributed by atoms with Crippen LogP contribution in [-0.2, 0) is 9.63 Å². The molecule has 0 radical (unpaired) electrons. The smallest absolute Gasteiger partial charge is 0.273 e. The lowest BCUT2D eigenvalue weighted by atomic mass is 10.3. The summed E-state index contributed by atoms with van der Waals surface area (Å²) in [4.78, 5) is 42.5. The van der Waals surface area contributed by atoms with Crippen LogP contribution in [0.15, 0.2) is 18.2 Å². The topological polar surface area (TPSA) is 70.2 Å². The zero-order valence-corrected chi connectivity index (χ0v) is 12.7. The number of imide groups is 2. The number of carbonyl (C=O) groups excluding carboxylic acids is 3. The Balaban J connectivity index is 2.32. The van der Waals surface area contributed by atoms with Crippen LogP contribution in [0.3, 0.4) is 0 Å². The Bertz CT molecular complexity index is 602. The molecule has 0 aliphatic carbocycles. The number of urea groups is 2. The van der Waals surface area contributed by atoms with E-state index in [4.69, 9.17) is 28.0 Å². The van der Waals surface area contributed by atoms with Gasteiger partial charge in [-0.25, -0.2) is 24.5 Å². The Labute approximate surface area is 130 Å². The Morgan fingerprint density at radius 3 is 2.33 bits per heavy atom. The van der Waals surface area contributed by atoms with E-state index >= 15 is 0 Å². The number of hydroxylamine groups is 2. The normalized spacial score (nSPS) is 14.9. The minimum atomic E-state index is -0.785. The third-order valence-corrected chi connectivity index (χ3v) is 3.28. The number of carbonyl (C=O) groups is 3. The number of hydrogen-bond donors (Lipinski definition) is 0. The predicted octanol–water partition coefficient (Wildman–Crippen LogP) is 2.38. The van der Waals surface area contributed by atoms with E-state index in [1.54, 1.807) is 0 Å². The molecular formula is C12H11Cl2N3O4. The molecule has 0 N–H and O–H groups in total. The van der Waals surface area contributed by atoms with E-state index in [0.717, 1.165) is 14.9 Å². The van der Waals surface area contributed by atoms with Crippen LogP contribution >= 0.6 is 23.2 Å². The highest BCUT2D eigenvalue weighted by atomic mass is 35.5. The van der Waals surface area contributed by atoms with Crippen molar-refractivity contribution in [1.29, 1.82) is 0 Å². The quantitative estimate of drug-likeness (QED) is 0.616. The van der Waals surface area contributed by atoms with Crippen LogP contribution in [0.2, 0.25) is 10.0 Å². The van der Waals surface area contributed by atoms with Gasteiger partial charge >= 0.3 is 12.1 Å². The highest BCUT2D eigenvalue weighted by molar-refractivity contribution is 6.35. The molecule has 7 nitrogen and oxygen atoms in total. The second-order valence-corrected chi connectivity index (χ2v) is 5.06. The summed E-state index contributed by atoms with van der Waals surface area (Å²) in [5.41, 5.74) is 0.206. The summed E-state index contributed by atoms with van der Waals surface area (Å²) < 4.78 is 0. The van der Waals surface area contributed by atoms with Crippen LogP contribution in [-0.4, -0.2) is 48.6 Å². The average Bonchev–Trinajstić information content (AvgIpc) is 2.71. The second-order valence-electron chi connectivity index (χ2n) is 4.19. The molecule has 2 rings (SSSR count). The van der Waals surface area contributed by atoms with Crippen molar-refractivity contribution < 1.29 is 19.2 Å². The van der Waals surface area contributed by atoms with Gasteiger partial charge < -0.3 is 0 Å². The Kier molecular flexibility index (Phi) is 4.36. The van der Waals surface area contributed by atoms with Gasteiger partial charge in [0.1, 0.15) is 6.54 Å². The van der Waals surface area contributed by atoms with Gasteiger partial charge in [0.25, 0.3) is 5.91 Å². The minimum Gasteiger partial charge on any atom is -0.273 e. The number of rotatable bonds is 2. The van der Waals surface area contributed by atoms with Crippen molar-refractivity contribution in [3.63, 3.8) is 0 Å².